The zero-order chi connectivity index (χ0) is 28.0. The molecule has 2 saturated heterocycles. The molecule has 1 amide bonds. The number of para-hydroxylation sites is 1. The second-order valence-electron chi connectivity index (χ2n) is 11.4. The van der Waals surface area contributed by atoms with Gasteiger partial charge in [-0.3, -0.25) is 14.2 Å². The lowest BCUT2D eigenvalue weighted by molar-refractivity contribution is -0.136. The third kappa shape index (κ3) is 6.98. The molecule has 40 heavy (non-hydrogen) atoms. The Labute approximate surface area is 236 Å². The minimum atomic E-state index is -1.05. The maximum atomic E-state index is 13.2. The van der Waals surface area contributed by atoms with Crippen LogP contribution < -0.4 is 10.5 Å². The quantitative estimate of drug-likeness (QED) is 0.416. The zero-order valence-electron chi connectivity index (χ0n) is 23.5. The number of benzene rings is 2. The van der Waals surface area contributed by atoms with Gasteiger partial charge in [0, 0.05) is 44.4 Å². The summed E-state index contributed by atoms with van der Waals surface area (Å²) in [5.41, 5.74) is 0.921. The van der Waals surface area contributed by atoms with Gasteiger partial charge in [-0.05, 0) is 62.4 Å². The fourth-order valence-corrected chi connectivity index (χ4v) is 5.85. The lowest BCUT2D eigenvalue weighted by Gasteiger charge is -2.38. The number of nitrogens with zero attached hydrogens (tertiary/aromatic N) is 5. The van der Waals surface area contributed by atoms with Crippen LogP contribution in [0.3, 0.4) is 0 Å². The minimum Gasteiger partial charge on any atom is -0.388 e. The Bertz CT molecular complexity index is 1300. The van der Waals surface area contributed by atoms with E-state index in [0.717, 1.165) is 37.4 Å². The van der Waals surface area contributed by atoms with Crippen molar-refractivity contribution in [3.8, 4) is 0 Å². The molecule has 5 rings (SSSR count). The van der Waals surface area contributed by atoms with Crippen molar-refractivity contribution in [2.45, 2.75) is 57.1 Å². The number of rotatable bonds is 10. The van der Waals surface area contributed by atoms with Crippen LogP contribution in [0.15, 0.2) is 77.9 Å². The van der Waals surface area contributed by atoms with E-state index < -0.39 is 5.60 Å². The third-order valence-electron chi connectivity index (χ3n) is 8.41. The highest BCUT2D eigenvalue weighted by molar-refractivity contribution is 5.77. The molecule has 1 aromatic heterocycles. The van der Waals surface area contributed by atoms with Gasteiger partial charge in [-0.25, -0.2) is 4.98 Å². The summed E-state index contributed by atoms with van der Waals surface area (Å²) in [5, 5.41) is 11.3. The molecule has 1 atom stereocenters. The zero-order valence-corrected chi connectivity index (χ0v) is 23.5. The lowest BCUT2D eigenvalue weighted by atomic mass is 9.90. The highest BCUT2D eigenvalue weighted by Crippen LogP contribution is 2.27. The number of aromatic nitrogens is 2. The van der Waals surface area contributed by atoms with Crippen LogP contribution in [-0.4, -0.2) is 75.2 Å². The van der Waals surface area contributed by atoms with Crippen LogP contribution in [0, 0.1) is 0 Å². The normalized spacial score (nSPS) is 18.0. The van der Waals surface area contributed by atoms with Gasteiger partial charge in [-0.2, -0.15) is 0 Å². The molecule has 0 spiro atoms. The second kappa shape index (κ2) is 12.8. The molecule has 0 radical (unpaired) electrons. The molecular formula is C32H41N5O3. The molecule has 2 aromatic carbocycles. The molecule has 0 aliphatic carbocycles. The van der Waals surface area contributed by atoms with Crippen molar-refractivity contribution in [1.82, 2.24) is 19.4 Å². The average molecular weight is 544 g/mol. The van der Waals surface area contributed by atoms with E-state index in [0.29, 0.717) is 38.2 Å². The molecule has 1 N–H and O–H groups in total. The molecule has 2 aliphatic rings. The standard InChI is InChI=1S/C32H41N5O3/c1-26(27-10-4-2-5-11-27)22-30(38)35-18-14-32(40,15-19-35)24-36-25-33-29(23-31(36)39)37(28-12-6-3-7-13-28)21-20-34-16-8-9-17-34/h2-7,10-13,23,25-26,40H,8-9,14-22,24H2,1H3/t26-/m1/s1. The summed E-state index contributed by atoms with van der Waals surface area (Å²) in [7, 11) is 0. The summed E-state index contributed by atoms with van der Waals surface area (Å²) in [6.45, 7) is 7.10. The second-order valence-corrected chi connectivity index (χ2v) is 11.4. The van der Waals surface area contributed by atoms with Crippen LogP contribution in [0.4, 0.5) is 11.5 Å². The summed E-state index contributed by atoms with van der Waals surface area (Å²) >= 11 is 0. The first-order valence-electron chi connectivity index (χ1n) is 14.6. The highest BCUT2D eigenvalue weighted by Gasteiger charge is 2.35. The van der Waals surface area contributed by atoms with Gasteiger partial charge < -0.3 is 19.8 Å². The van der Waals surface area contributed by atoms with Gasteiger partial charge in [-0.1, -0.05) is 55.5 Å². The molecule has 0 unspecified atom stereocenters. The molecule has 2 fully saturated rings. The van der Waals surface area contributed by atoms with Gasteiger partial charge in [0.05, 0.1) is 18.5 Å². The molecule has 2 aliphatic heterocycles. The van der Waals surface area contributed by atoms with Crippen molar-refractivity contribution in [3.05, 3.63) is 89.0 Å². The van der Waals surface area contributed by atoms with Gasteiger partial charge in [0.15, 0.2) is 0 Å². The van der Waals surface area contributed by atoms with Gasteiger partial charge in [0.1, 0.15) is 5.82 Å². The van der Waals surface area contributed by atoms with Crippen LogP contribution in [0.2, 0.25) is 0 Å². The Balaban J connectivity index is 1.20. The molecule has 8 heteroatoms. The topological polar surface area (TPSA) is 81.9 Å². The Kier molecular flexibility index (Phi) is 8.97. The van der Waals surface area contributed by atoms with Gasteiger partial charge in [0.25, 0.3) is 5.56 Å². The summed E-state index contributed by atoms with van der Waals surface area (Å²) in [6, 6.07) is 21.7. The fraction of sp³-hybridized carbons (Fsp3) is 0.469. The fourth-order valence-electron chi connectivity index (χ4n) is 5.85. The first kappa shape index (κ1) is 28.1. The van der Waals surface area contributed by atoms with E-state index in [1.807, 2.05) is 53.4 Å². The predicted octanol–water partition coefficient (Wildman–Crippen LogP) is 4.02. The lowest BCUT2D eigenvalue weighted by Crippen LogP contribution is -2.49. The first-order valence-corrected chi connectivity index (χ1v) is 14.6. The van der Waals surface area contributed by atoms with E-state index >= 15 is 0 Å². The molecule has 8 nitrogen and oxygen atoms in total. The molecule has 3 aromatic rings. The maximum absolute atomic E-state index is 13.2. The van der Waals surface area contributed by atoms with Crippen LogP contribution in [0.25, 0.3) is 0 Å². The molecule has 0 saturated carbocycles. The number of hydrogen-bond acceptors (Lipinski definition) is 6. The number of aliphatic hydroxyl groups is 1. The number of carbonyl (C=O) groups is 1. The molecule has 0 bridgehead atoms. The summed E-state index contributed by atoms with van der Waals surface area (Å²) < 4.78 is 1.50. The van der Waals surface area contributed by atoms with Crippen LogP contribution >= 0.6 is 0 Å². The summed E-state index contributed by atoms with van der Waals surface area (Å²) in [5.74, 6) is 0.867. The van der Waals surface area contributed by atoms with Crippen molar-refractivity contribution in [1.29, 1.82) is 0 Å². The van der Waals surface area contributed by atoms with Crippen LogP contribution in [0.5, 0.6) is 0 Å². The predicted molar refractivity (Wildman–Crippen MR) is 158 cm³/mol. The molecular weight excluding hydrogens is 502 g/mol. The number of piperidine rings is 1. The Morgan fingerprint density at radius 1 is 1.00 bits per heavy atom. The third-order valence-corrected chi connectivity index (χ3v) is 8.41. The highest BCUT2D eigenvalue weighted by atomic mass is 16.3. The SMILES string of the molecule is C[C@H](CC(=O)N1CCC(O)(Cn2cnc(N(CCN3CCCC3)c3ccccc3)cc2=O)CC1)c1ccccc1. The van der Waals surface area contributed by atoms with Crippen LogP contribution in [-0.2, 0) is 11.3 Å². The van der Waals surface area contributed by atoms with Gasteiger partial charge in [-0.15, -0.1) is 0 Å². The number of likely N-dealkylation sites (tertiary alicyclic amines) is 2. The van der Waals surface area contributed by atoms with E-state index in [1.165, 1.54) is 17.4 Å². The van der Waals surface area contributed by atoms with Crippen molar-refractivity contribution in [2.75, 3.05) is 44.2 Å². The number of amides is 1. The number of carbonyl (C=O) groups excluding carboxylic acids is 1. The number of anilines is 2. The van der Waals surface area contributed by atoms with E-state index in [-0.39, 0.29) is 23.9 Å². The Morgan fingerprint density at radius 3 is 2.30 bits per heavy atom. The van der Waals surface area contributed by atoms with Crippen LogP contribution in [0.1, 0.15) is 50.5 Å². The van der Waals surface area contributed by atoms with E-state index in [1.54, 1.807) is 12.4 Å². The maximum Gasteiger partial charge on any atom is 0.255 e. The van der Waals surface area contributed by atoms with Crippen molar-refractivity contribution < 1.29 is 9.90 Å². The van der Waals surface area contributed by atoms with Crippen molar-refractivity contribution in [2.24, 2.45) is 0 Å². The average Bonchev–Trinajstić information content (AvgIpc) is 3.50. The summed E-state index contributed by atoms with van der Waals surface area (Å²) in [6.07, 6.45) is 5.34. The van der Waals surface area contributed by atoms with Gasteiger partial charge in [0.2, 0.25) is 5.91 Å². The first-order chi connectivity index (χ1) is 19.4. The minimum absolute atomic E-state index is 0.108. The van der Waals surface area contributed by atoms with Crippen molar-refractivity contribution in [3.63, 3.8) is 0 Å². The van der Waals surface area contributed by atoms with Crippen molar-refractivity contribution >= 4 is 17.4 Å². The van der Waals surface area contributed by atoms with E-state index in [4.69, 9.17) is 0 Å². The smallest absolute Gasteiger partial charge is 0.255 e. The largest absolute Gasteiger partial charge is 0.388 e. The van der Waals surface area contributed by atoms with Gasteiger partial charge >= 0.3 is 0 Å². The molecule has 212 valence electrons. The van der Waals surface area contributed by atoms with E-state index in [2.05, 4.69) is 33.8 Å². The Hall–Kier alpha value is -3.49. The molecule has 3 heterocycles. The Morgan fingerprint density at radius 2 is 1.65 bits per heavy atom. The number of hydrogen-bond donors (Lipinski definition) is 1. The summed E-state index contributed by atoms with van der Waals surface area (Å²) in [4.78, 5) is 37.2. The monoisotopic (exact) mass is 543 g/mol. The van der Waals surface area contributed by atoms with E-state index in [9.17, 15) is 14.7 Å².